The van der Waals surface area contributed by atoms with E-state index in [1.54, 1.807) is 31.0 Å². The Labute approximate surface area is 258 Å². The van der Waals surface area contributed by atoms with E-state index >= 15 is 8.78 Å². The fourth-order valence-corrected chi connectivity index (χ4v) is 6.01. The smallest absolute Gasteiger partial charge is 0.330 e. The highest BCUT2D eigenvalue weighted by atomic mass is 19.1. The Bertz CT molecular complexity index is 1760. The number of nitrogens with zero attached hydrogens (tertiary/aromatic N) is 3. The lowest BCUT2D eigenvalue weighted by atomic mass is 9.90. The molecule has 0 unspecified atom stereocenters. The zero-order valence-electron chi connectivity index (χ0n) is 25.9. The average molecular weight is 627 g/mol. The highest BCUT2D eigenvalue weighted by Gasteiger charge is 2.31. The molecule has 240 valence electrons. The number of carbonyl (C=O) groups is 2. The predicted octanol–water partition coefficient (Wildman–Crippen LogP) is 2.40. The third-order valence-corrected chi connectivity index (χ3v) is 8.57. The molecule has 0 aliphatic carbocycles. The molecule has 0 saturated carbocycles. The van der Waals surface area contributed by atoms with Gasteiger partial charge in [0.15, 0.2) is 0 Å². The highest BCUT2D eigenvalue weighted by Crippen LogP contribution is 2.38. The van der Waals surface area contributed by atoms with Crippen LogP contribution in [0.25, 0.3) is 11.1 Å². The van der Waals surface area contributed by atoms with E-state index in [0.717, 1.165) is 29.4 Å². The molecule has 1 aromatic heterocycles. The first kappa shape index (κ1) is 31.9. The van der Waals surface area contributed by atoms with Gasteiger partial charge >= 0.3 is 11.7 Å². The van der Waals surface area contributed by atoms with Crippen molar-refractivity contribution in [3.05, 3.63) is 79.1 Å². The minimum Gasteiger partial charge on any atom is -0.493 e. The van der Waals surface area contributed by atoms with Crippen LogP contribution in [0.15, 0.2) is 33.9 Å². The number of carbonyl (C=O) groups excluding carboxylic acids is 2. The van der Waals surface area contributed by atoms with Crippen molar-refractivity contribution < 1.29 is 32.6 Å². The molecule has 13 heteroatoms. The number of methoxy groups -OCH3 is 1. The van der Waals surface area contributed by atoms with E-state index in [1.165, 1.54) is 11.6 Å². The van der Waals surface area contributed by atoms with Gasteiger partial charge in [-0.1, -0.05) is 12.1 Å². The van der Waals surface area contributed by atoms with Crippen LogP contribution in [0.1, 0.15) is 40.5 Å². The Balaban J connectivity index is 1.47. The van der Waals surface area contributed by atoms with Crippen LogP contribution in [0, 0.1) is 18.6 Å². The zero-order chi connectivity index (χ0) is 32.6. The summed E-state index contributed by atoms with van der Waals surface area (Å²) in [5, 5.41) is 2.46. The normalized spacial score (nSPS) is 16.9. The van der Waals surface area contributed by atoms with Crippen LogP contribution < -0.4 is 26.2 Å². The Morgan fingerprint density at radius 1 is 1.11 bits per heavy atom. The second-order valence-corrected chi connectivity index (χ2v) is 11.4. The summed E-state index contributed by atoms with van der Waals surface area (Å²) >= 11 is 0. The highest BCUT2D eigenvalue weighted by molar-refractivity contribution is 5.97. The average Bonchev–Trinajstić information content (AvgIpc) is 3.02. The SMILES string of the molecule is COC(=O)[C@H](Cc1ccc(-c2c(C)n(C)c(=O)n(C)c2=O)c2c1CCCO2)NC(=O)c1c(F)cc(N2CCOC[C@H]2C)cc1F. The summed E-state index contributed by atoms with van der Waals surface area (Å²) in [4.78, 5) is 53.5. The van der Waals surface area contributed by atoms with Crippen LogP contribution in [0.3, 0.4) is 0 Å². The zero-order valence-corrected chi connectivity index (χ0v) is 25.9. The first-order valence-electron chi connectivity index (χ1n) is 14.7. The van der Waals surface area contributed by atoms with Crippen molar-refractivity contribution in [2.45, 2.75) is 45.2 Å². The Hall–Kier alpha value is -4.52. The molecular formula is C32H36F2N4O7. The van der Waals surface area contributed by atoms with Gasteiger partial charge < -0.3 is 29.0 Å². The summed E-state index contributed by atoms with van der Waals surface area (Å²) in [5.41, 5.74) is 1.17. The van der Waals surface area contributed by atoms with Crippen molar-refractivity contribution in [1.29, 1.82) is 0 Å². The molecule has 0 radical (unpaired) electrons. The second kappa shape index (κ2) is 12.8. The van der Waals surface area contributed by atoms with Gasteiger partial charge in [-0.05, 0) is 49.9 Å². The number of fused-ring (bicyclic) bond motifs is 1. The van der Waals surface area contributed by atoms with E-state index in [4.69, 9.17) is 14.2 Å². The number of anilines is 1. The van der Waals surface area contributed by atoms with E-state index in [2.05, 4.69) is 5.32 Å². The summed E-state index contributed by atoms with van der Waals surface area (Å²) < 4.78 is 49.3. The number of amides is 1. The molecule has 45 heavy (non-hydrogen) atoms. The number of hydrogen-bond donors (Lipinski definition) is 1. The molecule has 1 amide bonds. The van der Waals surface area contributed by atoms with Crippen LogP contribution in [0.4, 0.5) is 14.5 Å². The van der Waals surface area contributed by atoms with Crippen molar-refractivity contribution in [2.75, 3.05) is 38.4 Å². The van der Waals surface area contributed by atoms with Crippen LogP contribution in [-0.4, -0.2) is 66.6 Å². The van der Waals surface area contributed by atoms with Gasteiger partial charge in [-0.15, -0.1) is 0 Å². The molecule has 5 rings (SSSR count). The van der Waals surface area contributed by atoms with Gasteiger partial charge in [0.05, 0.1) is 32.5 Å². The maximum Gasteiger partial charge on any atom is 0.330 e. The predicted molar refractivity (Wildman–Crippen MR) is 162 cm³/mol. The van der Waals surface area contributed by atoms with Gasteiger partial charge in [0.25, 0.3) is 11.5 Å². The molecule has 2 aromatic carbocycles. The lowest BCUT2D eigenvalue weighted by Gasteiger charge is -2.35. The topological polar surface area (TPSA) is 121 Å². The summed E-state index contributed by atoms with van der Waals surface area (Å²) in [6, 6.07) is 4.20. The number of aromatic nitrogens is 2. The maximum atomic E-state index is 15.2. The molecule has 0 spiro atoms. The minimum atomic E-state index is -1.29. The van der Waals surface area contributed by atoms with Gasteiger partial charge in [-0.2, -0.15) is 0 Å². The summed E-state index contributed by atoms with van der Waals surface area (Å²) in [6.45, 7) is 5.20. The van der Waals surface area contributed by atoms with Gasteiger partial charge in [0.2, 0.25) is 0 Å². The molecule has 11 nitrogen and oxygen atoms in total. The van der Waals surface area contributed by atoms with Crippen molar-refractivity contribution >= 4 is 17.6 Å². The Morgan fingerprint density at radius 3 is 2.49 bits per heavy atom. The monoisotopic (exact) mass is 626 g/mol. The molecule has 0 bridgehead atoms. The number of halogens is 2. The number of nitrogens with one attached hydrogen (secondary N) is 1. The lowest BCUT2D eigenvalue weighted by Crippen LogP contribution is -2.44. The molecular weight excluding hydrogens is 590 g/mol. The number of rotatable bonds is 7. The van der Waals surface area contributed by atoms with Crippen molar-refractivity contribution in [2.24, 2.45) is 14.1 Å². The van der Waals surface area contributed by atoms with Gasteiger partial charge in [0.1, 0.15) is 29.0 Å². The molecule has 1 fully saturated rings. The first-order valence-corrected chi connectivity index (χ1v) is 14.7. The first-order chi connectivity index (χ1) is 21.4. The number of esters is 1. The Morgan fingerprint density at radius 2 is 1.82 bits per heavy atom. The molecule has 2 aliphatic heterocycles. The molecule has 2 aliphatic rings. The van der Waals surface area contributed by atoms with Crippen molar-refractivity contribution in [1.82, 2.24) is 14.5 Å². The van der Waals surface area contributed by atoms with Crippen molar-refractivity contribution in [3.8, 4) is 16.9 Å². The summed E-state index contributed by atoms with van der Waals surface area (Å²) in [6.07, 6.45) is 1.14. The number of morpholine rings is 1. The van der Waals surface area contributed by atoms with Crippen LogP contribution in [0.2, 0.25) is 0 Å². The number of hydrogen-bond acceptors (Lipinski definition) is 8. The van der Waals surface area contributed by atoms with Gasteiger partial charge in [-0.3, -0.25) is 14.2 Å². The number of ether oxygens (including phenoxy) is 3. The largest absolute Gasteiger partial charge is 0.493 e. The fourth-order valence-electron chi connectivity index (χ4n) is 6.01. The number of benzene rings is 2. The van der Waals surface area contributed by atoms with E-state index in [0.29, 0.717) is 67.3 Å². The molecule has 3 aromatic rings. The van der Waals surface area contributed by atoms with Crippen LogP contribution in [-0.2, 0) is 41.2 Å². The van der Waals surface area contributed by atoms with Gasteiger partial charge in [-0.25, -0.2) is 18.4 Å². The lowest BCUT2D eigenvalue weighted by molar-refractivity contribution is -0.142. The van der Waals surface area contributed by atoms with E-state index in [-0.39, 0.29) is 18.2 Å². The van der Waals surface area contributed by atoms with Crippen molar-refractivity contribution in [3.63, 3.8) is 0 Å². The molecule has 1 N–H and O–H groups in total. The third kappa shape index (κ3) is 5.96. The third-order valence-electron chi connectivity index (χ3n) is 8.57. The van der Waals surface area contributed by atoms with Crippen LogP contribution in [0.5, 0.6) is 5.75 Å². The summed E-state index contributed by atoms with van der Waals surface area (Å²) in [7, 11) is 4.14. The van der Waals surface area contributed by atoms with Crippen LogP contribution >= 0.6 is 0 Å². The van der Waals surface area contributed by atoms with E-state index < -0.39 is 46.4 Å². The second-order valence-electron chi connectivity index (χ2n) is 11.4. The molecule has 1 saturated heterocycles. The minimum absolute atomic E-state index is 0.0682. The summed E-state index contributed by atoms with van der Waals surface area (Å²) in [5.74, 6) is -3.59. The van der Waals surface area contributed by atoms with Gasteiger partial charge in [0, 0.05) is 50.0 Å². The van der Waals surface area contributed by atoms with E-state index in [1.807, 2.05) is 6.92 Å². The fraction of sp³-hybridized carbons (Fsp3) is 0.438. The standard InChI is InChI=1S/C32H36F2N4O7/c1-17-16-44-12-10-38(17)20-14-23(33)27(24(34)15-20)29(39)35-25(31(41)43-5)13-19-8-9-22(28-21(19)7-6-11-45-28)26-18(2)36(3)32(42)37(4)30(26)40/h8-9,14-15,17,25H,6-7,10-13,16H2,1-5H3,(H,35,39)/t17-,25+/m1/s1. The van der Waals surface area contributed by atoms with E-state index in [9.17, 15) is 19.2 Å². The molecule has 3 heterocycles. The Kier molecular flexibility index (Phi) is 9.10. The molecule has 2 atom stereocenters. The quantitative estimate of drug-likeness (QED) is 0.397. The maximum absolute atomic E-state index is 15.2.